The minimum atomic E-state index is -3.86. The Kier molecular flexibility index (Phi) is 7.77. The Hall–Kier alpha value is -4.11. The van der Waals surface area contributed by atoms with E-state index < -0.39 is 15.6 Å². The lowest BCUT2D eigenvalue weighted by molar-refractivity contribution is -0.130. The number of H-pyrrole nitrogens is 1. The molecule has 1 aliphatic rings. The maximum Gasteiger partial charge on any atom is 0.262 e. The molecule has 0 spiro atoms. The number of fused-ring (bicyclic) bond motifs is 1. The van der Waals surface area contributed by atoms with Crippen LogP contribution in [-0.4, -0.2) is 50.5 Å². The number of sulfonamides is 1. The molecule has 0 radical (unpaired) electrons. The zero-order valence-electron chi connectivity index (χ0n) is 22.6. The summed E-state index contributed by atoms with van der Waals surface area (Å²) in [7, 11) is -3.86. The van der Waals surface area contributed by atoms with Gasteiger partial charge < -0.3 is 4.98 Å². The fraction of sp³-hybridized carbons (Fsp3) is 0.138. The molecular formula is C29H24BrN7O4S2. The second-order valence-electron chi connectivity index (χ2n) is 9.91. The molecular weight excluding hydrogens is 654 g/mol. The van der Waals surface area contributed by atoms with Crippen molar-refractivity contribution < 1.29 is 13.2 Å². The molecule has 2 aromatic heterocycles. The molecule has 0 unspecified atom stereocenters. The Bertz CT molecular complexity index is 2040. The fourth-order valence-electron chi connectivity index (χ4n) is 4.73. The number of hydrogen-bond acceptors (Lipinski definition) is 8. The van der Waals surface area contributed by atoms with Gasteiger partial charge in [-0.25, -0.2) is 28.2 Å². The third-order valence-corrected chi connectivity index (χ3v) is 9.28. The van der Waals surface area contributed by atoms with Crippen LogP contribution in [-0.2, 0) is 14.8 Å². The van der Waals surface area contributed by atoms with Crippen LogP contribution in [0.5, 0.6) is 0 Å². The van der Waals surface area contributed by atoms with Crippen molar-refractivity contribution in [1.29, 1.82) is 0 Å². The first kappa shape index (κ1) is 29.0. The zero-order chi connectivity index (χ0) is 30.3. The van der Waals surface area contributed by atoms with Crippen molar-refractivity contribution in [3.63, 3.8) is 0 Å². The Morgan fingerprint density at radius 2 is 1.77 bits per heavy atom. The molecule has 14 heteroatoms. The molecule has 0 saturated carbocycles. The van der Waals surface area contributed by atoms with Gasteiger partial charge in [0, 0.05) is 10.9 Å². The number of nitrogens with two attached hydrogens (primary N) is 1. The fourth-order valence-corrected chi connectivity index (χ4v) is 6.22. The zero-order valence-corrected chi connectivity index (χ0v) is 25.9. The number of primary sulfonamides is 1. The first-order valence-electron chi connectivity index (χ1n) is 13.0. The second kappa shape index (κ2) is 11.5. The predicted octanol–water partition coefficient (Wildman–Crippen LogP) is 4.30. The number of hydrazone groups is 1. The number of carbonyl (C=O) groups excluding carboxylic acids is 1. The summed E-state index contributed by atoms with van der Waals surface area (Å²) in [6, 6.07) is 21.3. The van der Waals surface area contributed by atoms with E-state index in [1.54, 1.807) is 0 Å². The summed E-state index contributed by atoms with van der Waals surface area (Å²) < 4.78 is 25.6. The van der Waals surface area contributed by atoms with Crippen molar-refractivity contribution in [2.45, 2.75) is 29.4 Å². The van der Waals surface area contributed by atoms with Gasteiger partial charge in [0.2, 0.25) is 10.0 Å². The van der Waals surface area contributed by atoms with Gasteiger partial charge in [0.05, 0.1) is 34.3 Å². The Labute approximate surface area is 259 Å². The molecule has 11 nitrogen and oxygen atoms in total. The van der Waals surface area contributed by atoms with Crippen LogP contribution in [0.1, 0.15) is 29.2 Å². The second-order valence-corrected chi connectivity index (χ2v) is 13.4. The Morgan fingerprint density at radius 1 is 1.07 bits per heavy atom. The van der Waals surface area contributed by atoms with Crippen molar-refractivity contribution >= 4 is 60.4 Å². The number of amides is 1. The van der Waals surface area contributed by atoms with E-state index in [-0.39, 0.29) is 38.8 Å². The minimum Gasteiger partial charge on any atom is -0.301 e. The first-order valence-corrected chi connectivity index (χ1v) is 16.4. The number of aromatic amines is 1. The third kappa shape index (κ3) is 6.04. The van der Waals surface area contributed by atoms with E-state index in [1.807, 2.05) is 55.5 Å². The summed E-state index contributed by atoms with van der Waals surface area (Å²) in [4.78, 5) is 33.7. The van der Waals surface area contributed by atoms with Gasteiger partial charge in [-0.2, -0.15) is 10.2 Å². The largest absolute Gasteiger partial charge is 0.301 e. The average molecular weight is 679 g/mol. The lowest BCUT2D eigenvalue weighted by Crippen LogP contribution is -2.28. The van der Waals surface area contributed by atoms with Crippen LogP contribution in [0.2, 0.25) is 0 Å². The van der Waals surface area contributed by atoms with Crippen LogP contribution in [0.3, 0.4) is 0 Å². The van der Waals surface area contributed by atoms with Crippen LogP contribution in [0.25, 0.3) is 16.7 Å². The molecule has 3 aromatic carbocycles. The van der Waals surface area contributed by atoms with Crippen molar-refractivity contribution in [2.24, 2.45) is 10.2 Å². The van der Waals surface area contributed by atoms with Gasteiger partial charge in [-0.1, -0.05) is 69.7 Å². The molecule has 43 heavy (non-hydrogen) atoms. The van der Waals surface area contributed by atoms with Gasteiger partial charge >= 0.3 is 0 Å². The normalized spacial score (nSPS) is 15.2. The van der Waals surface area contributed by atoms with Gasteiger partial charge in [0.1, 0.15) is 5.39 Å². The third-order valence-electron chi connectivity index (χ3n) is 6.96. The average Bonchev–Trinajstić information content (AvgIpc) is 3.62. The van der Waals surface area contributed by atoms with Gasteiger partial charge in [-0.15, -0.1) is 0 Å². The molecule has 1 amide bonds. The minimum absolute atomic E-state index is 0.0227. The van der Waals surface area contributed by atoms with E-state index in [0.29, 0.717) is 12.1 Å². The van der Waals surface area contributed by atoms with Crippen LogP contribution in [0, 0.1) is 6.92 Å². The van der Waals surface area contributed by atoms with Gasteiger partial charge in [0.15, 0.2) is 10.8 Å². The number of benzene rings is 3. The number of halogens is 1. The lowest BCUT2D eigenvalue weighted by atomic mass is 9.98. The van der Waals surface area contributed by atoms with Crippen LogP contribution in [0.15, 0.2) is 103 Å². The van der Waals surface area contributed by atoms with E-state index in [2.05, 4.69) is 31.0 Å². The smallest absolute Gasteiger partial charge is 0.262 e. The van der Waals surface area contributed by atoms with E-state index in [1.165, 1.54) is 40.2 Å². The number of aryl methyl sites for hydroxylation is 1. The highest BCUT2D eigenvalue weighted by Gasteiger charge is 2.33. The van der Waals surface area contributed by atoms with E-state index >= 15 is 0 Å². The molecule has 1 atom stereocenters. The molecule has 218 valence electrons. The van der Waals surface area contributed by atoms with Crippen molar-refractivity contribution in [3.8, 4) is 5.69 Å². The molecule has 3 N–H and O–H groups in total. The highest BCUT2D eigenvalue weighted by molar-refractivity contribution is 9.10. The lowest BCUT2D eigenvalue weighted by Gasteiger charge is -2.22. The number of hydrogen-bond donors (Lipinski definition) is 2. The van der Waals surface area contributed by atoms with E-state index in [9.17, 15) is 18.0 Å². The molecule has 6 rings (SSSR count). The summed E-state index contributed by atoms with van der Waals surface area (Å²) in [6.07, 6.45) is 1.94. The van der Waals surface area contributed by atoms with Crippen LogP contribution < -0.4 is 10.7 Å². The molecule has 0 bridgehead atoms. The van der Waals surface area contributed by atoms with Crippen molar-refractivity contribution in [2.75, 3.05) is 5.75 Å². The number of nitrogens with zero attached hydrogens (tertiary/aromatic N) is 5. The van der Waals surface area contributed by atoms with Crippen molar-refractivity contribution in [1.82, 2.24) is 24.8 Å². The van der Waals surface area contributed by atoms with Crippen molar-refractivity contribution in [3.05, 3.63) is 111 Å². The Balaban J connectivity index is 1.27. The molecule has 0 fully saturated rings. The highest BCUT2D eigenvalue weighted by Crippen LogP contribution is 2.34. The number of thioether (sulfide) groups is 1. The van der Waals surface area contributed by atoms with Crippen LogP contribution in [0.4, 0.5) is 0 Å². The first-order chi connectivity index (χ1) is 20.6. The highest BCUT2D eigenvalue weighted by atomic mass is 79.9. The van der Waals surface area contributed by atoms with Gasteiger partial charge in [-0.05, 0) is 54.4 Å². The summed E-state index contributed by atoms with van der Waals surface area (Å²) in [5, 5.41) is 16.2. The number of carbonyl (C=O) groups is 1. The number of aromatic nitrogens is 4. The molecule has 0 saturated heterocycles. The number of rotatable bonds is 7. The topological polar surface area (TPSA) is 156 Å². The maximum atomic E-state index is 13.6. The molecule has 5 aromatic rings. The molecule has 3 heterocycles. The Morgan fingerprint density at radius 3 is 2.44 bits per heavy atom. The molecule has 1 aliphatic heterocycles. The summed E-state index contributed by atoms with van der Waals surface area (Å²) >= 11 is 4.55. The quantitative estimate of drug-likeness (QED) is 0.192. The standard InChI is InChI=1S/C29H24BrN7O4S2/c1-17-2-4-19(5-3-17)25-14-24(18-6-8-20(30)9-7-18)35-37(25)26(38)16-42-29-33-27-23(28(39)34-29)15-32-36(27)21-10-12-22(13-11-21)43(31,40)41/h2-13,15,25H,14,16H2,1H3,(H2,31,40,41)(H,33,34,39)/t25-/m0/s1. The monoisotopic (exact) mass is 677 g/mol. The predicted molar refractivity (Wildman–Crippen MR) is 168 cm³/mol. The van der Waals surface area contributed by atoms with Crippen LogP contribution >= 0.6 is 27.7 Å². The molecule has 0 aliphatic carbocycles. The van der Waals surface area contributed by atoms with E-state index in [4.69, 9.17) is 10.2 Å². The maximum absolute atomic E-state index is 13.6. The van der Waals surface area contributed by atoms with Gasteiger partial charge in [0.25, 0.3) is 11.5 Å². The summed E-state index contributed by atoms with van der Waals surface area (Å²) in [5.41, 5.74) is 4.17. The summed E-state index contributed by atoms with van der Waals surface area (Å²) in [6.45, 7) is 2.01. The summed E-state index contributed by atoms with van der Waals surface area (Å²) in [5.74, 6) is -0.261. The number of nitrogens with one attached hydrogen (secondary N) is 1. The van der Waals surface area contributed by atoms with Gasteiger partial charge in [-0.3, -0.25) is 9.59 Å². The van der Waals surface area contributed by atoms with E-state index in [0.717, 1.165) is 38.6 Å². The SMILES string of the molecule is Cc1ccc([C@@H]2CC(c3ccc(Br)cc3)=NN2C(=O)CSc2nc3c(cnn3-c3ccc(S(N)(=O)=O)cc3)c(=O)[nH]2)cc1.